The molecule has 17 heavy (non-hydrogen) atoms. The van der Waals surface area contributed by atoms with Crippen molar-refractivity contribution in [3.63, 3.8) is 0 Å². The summed E-state index contributed by atoms with van der Waals surface area (Å²) in [7, 11) is 0. The van der Waals surface area contributed by atoms with Gasteiger partial charge in [0.2, 0.25) is 0 Å². The molecular weight excluding hydrogens is 212 g/mol. The van der Waals surface area contributed by atoms with Crippen molar-refractivity contribution in [3.05, 3.63) is 24.0 Å². The van der Waals surface area contributed by atoms with E-state index in [1.54, 1.807) is 0 Å². The fourth-order valence-corrected chi connectivity index (χ4v) is 2.05. The van der Waals surface area contributed by atoms with E-state index >= 15 is 0 Å². The highest BCUT2D eigenvalue weighted by atomic mass is 16.1. The second-order valence-corrected chi connectivity index (χ2v) is 4.60. The number of anilines is 1. The summed E-state index contributed by atoms with van der Waals surface area (Å²) in [5.74, 6) is 0.116. The van der Waals surface area contributed by atoms with Crippen molar-refractivity contribution in [2.24, 2.45) is 0 Å². The summed E-state index contributed by atoms with van der Waals surface area (Å²) in [4.78, 5) is 18.2. The fraction of sp³-hybridized carbons (Fsp3) is 0.571. The predicted molar refractivity (Wildman–Crippen MR) is 69.5 cm³/mol. The zero-order valence-electron chi connectivity index (χ0n) is 10.6. The standard InChI is InChI=1S/C14H20N2O/c1-3-9-16(11-5-6-11)12-7-8-13(15-10-12)14(17)4-2/h7-8,10-11H,3-6,9H2,1-2H3. The molecule has 0 aromatic carbocycles. The SMILES string of the molecule is CCCN(c1ccc(C(=O)CC)nc1)C1CC1. The zero-order valence-corrected chi connectivity index (χ0v) is 10.6. The summed E-state index contributed by atoms with van der Waals surface area (Å²) in [6.45, 7) is 5.14. The van der Waals surface area contributed by atoms with Gasteiger partial charge in [-0.05, 0) is 31.4 Å². The molecule has 2 rings (SSSR count). The van der Waals surface area contributed by atoms with E-state index in [0.717, 1.165) is 18.7 Å². The van der Waals surface area contributed by atoms with Crippen molar-refractivity contribution >= 4 is 11.5 Å². The average molecular weight is 232 g/mol. The van der Waals surface area contributed by atoms with Crippen LogP contribution in [0, 0.1) is 0 Å². The van der Waals surface area contributed by atoms with Crippen LogP contribution in [0.2, 0.25) is 0 Å². The lowest BCUT2D eigenvalue weighted by Gasteiger charge is -2.23. The molecule has 0 N–H and O–H groups in total. The van der Waals surface area contributed by atoms with Crippen molar-refractivity contribution in [3.8, 4) is 0 Å². The van der Waals surface area contributed by atoms with E-state index in [1.807, 2.05) is 25.3 Å². The van der Waals surface area contributed by atoms with Crippen molar-refractivity contribution in [1.82, 2.24) is 4.98 Å². The first kappa shape index (κ1) is 12.1. The number of hydrogen-bond acceptors (Lipinski definition) is 3. The first-order valence-corrected chi connectivity index (χ1v) is 6.52. The van der Waals surface area contributed by atoms with Crippen molar-refractivity contribution in [1.29, 1.82) is 0 Å². The molecule has 1 aliphatic carbocycles. The number of pyridine rings is 1. The Labute approximate surface area is 103 Å². The molecule has 0 radical (unpaired) electrons. The molecule has 0 aliphatic heterocycles. The summed E-state index contributed by atoms with van der Waals surface area (Å²) in [6, 6.07) is 4.58. The Morgan fingerprint density at radius 1 is 1.41 bits per heavy atom. The van der Waals surface area contributed by atoms with Gasteiger partial charge in [0, 0.05) is 19.0 Å². The topological polar surface area (TPSA) is 33.2 Å². The summed E-state index contributed by atoms with van der Waals surface area (Å²) in [5.41, 5.74) is 1.74. The molecule has 1 aliphatic rings. The number of rotatable bonds is 6. The van der Waals surface area contributed by atoms with Gasteiger partial charge in [-0.3, -0.25) is 9.78 Å². The van der Waals surface area contributed by atoms with E-state index in [0.29, 0.717) is 18.2 Å². The third kappa shape index (κ3) is 2.84. The van der Waals surface area contributed by atoms with Crippen LogP contribution in [0.15, 0.2) is 18.3 Å². The molecule has 1 aromatic rings. The second-order valence-electron chi connectivity index (χ2n) is 4.60. The van der Waals surface area contributed by atoms with E-state index < -0.39 is 0 Å². The molecule has 0 saturated heterocycles. The van der Waals surface area contributed by atoms with E-state index in [-0.39, 0.29) is 5.78 Å². The molecule has 3 heteroatoms. The van der Waals surface area contributed by atoms with Crippen LogP contribution in [0.1, 0.15) is 50.0 Å². The van der Waals surface area contributed by atoms with E-state index in [2.05, 4.69) is 16.8 Å². The highest BCUT2D eigenvalue weighted by molar-refractivity contribution is 5.94. The van der Waals surface area contributed by atoms with Gasteiger partial charge in [-0.1, -0.05) is 13.8 Å². The minimum atomic E-state index is 0.116. The van der Waals surface area contributed by atoms with Gasteiger partial charge in [0.15, 0.2) is 5.78 Å². The molecule has 1 saturated carbocycles. The Morgan fingerprint density at radius 2 is 2.18 bits per heavy atom. The van der Waals surface area contributed by atoms with Crippen LogP contribution < -0.4 is 4.90 Å². The van der Waals surface area contributed by atoms with Gasteiger partial charge in [-0.15, -0.1) is 0 Å². The van der Waals surface area contributed by atoms with Crippen LogP contribution in [-0.4, -0.2) is 23.4 Å². The number of hydrogen-bond donors (Lipinski definition) is 0. The summed E-state index contributed by atoms with van der Waals surface area (Å²) >= 11 is 0. The van der Waals surface area contributed by atoms with Crippen molar-refractivity contribution in [2.45, 2.75) is 45.6 Å². The monoisotopic (exact) mass is 232 g/mol. The van der Waals surface area contributed by atoms with Gasteiger partial charge in [0.25, 0.3) is 0 Å². The second kappa shape index (κ2) is 5.30. The number of ketones is 1. The number of Topliss-reactive ketones (excluding diaryl/α,β-unsaturated/α-hetero) is 1. The Kier molecular flexibility index (Phi) is 3.77. The molecule has 1 heterocycles. The molecule has 0 amide bonds. The smallest absolute Gasteiger partial charge is 0.180 e. The summed E-state index contributed by atoms with van der Waals surface area (Å²) in [5, 5.41) is 0. The number of carbonyl (C=O) groups excluding carboxylic acids is 1. The minimum Gasteiger partial charge on any atom is -0.367 e. The molecule has 92 valence electrons. The minimum absolute atomic E-state index is 0.116. The molecule has 0 bridgehead atoms. The van der Waals surface area contributed by atoms with Crippen molar-refractivity contribution in [2.75, 3.05) is 11.4 Å². The Balaban J connectivity index is 2.12. The highest BCUT2D eigenvalue weighted by Crippen LogP contribution is 2.31. The molecule has 0 atom stereocenters. The van der Waals surface area contributed by atoms with Crippen LogP contribution in [0.25, 0.3) is 0 Å². The molecular formula is C14H20N2O. The lowest BCUT2D eigenvalue weighted by atomic mass is 10.2. The molecule has 0 spiro atoms. The quantitative estimate of drug-likeness (QED) is 0.707. The largest absolute Gasteiger partial charge is 0.367 e. The van der Waals surface area contributed by atoms with E-state index in [9.17, 15) is 4.79 Å². The van der Waals surface area contributed by atoms with Gasteiger partial charge in [0.05, 0.1) is 11.9 Å². The molecule has 1 fully saturated rings. The number of carbonyl (C=O) groups is 1. The maximum atomic E-state index is 11.5. The first-order valence-electron chi connectivity index (χ1n) is 6.52. The predicted octanol–water partition coefficient (Wildman–Crippen LogP) is 3.05. The fourth-order valence-electron chi connectivity index (χ4n) is 2.05. The number of nitrogens with zero attached hydrogens (tertiary/aromatic N) is 2. The first-order chi connectivity index (χ1) is 8.26. The molecule has 0 unspecified atom stereocenters. The van der Waals surface area contributed by atoms with Gasteiger partial charge >= 0.3 is 0 Å². The Bertz CT molecular complexity index is 382. The number of aromatic nitrogens is 1. The van der Waals surface area contributed by atoms with Gasteiger partial charge < -0.3 is 4.90 Å². The van der Waals surface area contributed by atoms with Gasteiger partial charge in [-0.25, -0.2) is 0 Å². The third-order valence-corrected chi connectivity index (χ3v) is 3.14. The van der Waals surface area contributed by atoms with Gasteiger partial charge in [-0.2, -0.15) is 0 Å². The normalized spacial score (nSPS) is 14.7. The van der Waals surface area contributed by atoms with Crippen molar-refractivity contribution < 1.29 is 4.79 Å². The van der Waals surface area contributed by atoms with E-state index in [1.165, 1.54) is 12.8 Å². The average Bonchev–Trinajstić information content (AvgIpc) is 3.19. The van der Waals surface area contributed by atoms with Crippen LogP contribution >= 0.6 is 0 Å². The Morgan fingerprint density at radius 3 is 2.65 bits per heavy atom. The molecule has 3 nitrogen and oxygen atoms in total. The highest BCUT2D eigenvalue weighted by Gasteiger charge is 2.28. The summed E-state index contributed by atoms with van der Waals surface area (Å²) < 4.78 is 0. The van der Waals surface area contributed by atoms with Gasteiger partial charge in [0.1, 0.15) is 5.69 Å². The maximum absolute atomic E-state index is 11.5. The third-order valence-electron chi connectivity index (χ3n) is 3.14. The lowest BCUT2D eigenvalue weighted by Crippen LogP contribution is -2.26. The van der Waals surface area contributed by atoms with E-state index in [4.69, 9.17) is 0 Å². The lowest BCUT2D eigenvalue weighted by molar-refractivity contribution is 0.0983. The maximum Gasteiger partial charge on any atom is 0.180 e. The Hall–Kier alpha value is -1.38. The van der Waals surface area contributed by atoms with Crippen LogP contribution in [0.4, 0.5) is 5.69 Å². The van der Waals surface area contributed by atoms with Crippen LogP contribution in [-0.2, 0) is 0 Å². The van der Waals surface area contributed by atoms with Crippen LogP contribution in [0.3, 0.4) is 0 Å². The van der Waals surface area contributed by atoms with Crippen LogP contribution in [0.5, 0.6) is 0 Å². The zero-order chi connectivity index (χ0) is 12.3. The summed E-state index contributed by atoms with van der Waals surface area (Å²) in [6.07, 6.45) is 6.09. The molecule has 1 aromatic heterocycles.